The van der Waals surface area contributed by atoms with Gasteiger partial charge in [-0.2, -0.15) is 0 Å². The SMILES string of the molecule is CC.CC.CC.COC(=O)c1cc(-c2ccc(C)cn2)cc(-n2ccnc2C(C)C)c1. The highest BCUT2D eigenvalue weighted by Crippen LogP contribution is 2.26. The van der Waals surface area contributed by atoms with Crippen LogP contribution in [0.2, 0.25) is 0 Å². The minimum Gasteiger partial charge on any atom is -0.465 e. The molecular weight excluding hydrogens is 386 g/mol. The van der Waals surface area contributed by atoms with Crippen LogP contribution < -0.4 is 0 Å². The van der Waals surface area contributed by atoms with E-state index in [4.69, 9.17) is 4.74 Å². The summed E-state index contributed by atoms with van der Waals surface area (Å²) in [6.07, 6.45) is 5.48. The van der Waals surface area contributed by atoms with Crippen LogP contribution in [0.5, 0.6) is 0 Å². The molecule has 0 fully saturated rings. The first kappa shape index (κ1) is 28.1. The molecule has 3 aromatic rings. The zero-order chi connectivity index (χ0) is 24.0. The Kier molecular flexibility index (Phi) is 13.5. The molecule has 0 aliphatic rings. The molecule has 5 nitrogen and oxygen atoms in total. The van der Waals surface area contributed by atoms with Crippen LogP contribution in [0.15, 0.2) is 48.9 Å². The summed E-state index contributed by atoms with van der Waals surface area (Å²) in [5.74, 6) is 0.823. The molecular formula is C26H39N3O2. The van der Waals surface area contributed by atoms with Crippen molar-refractivity contribution in [2.24, 2.45) is 0 Å². The zero-order valence-electron chi connectivity index (χ0n) is 20.9. The Morgan fingerprint density at radius 2 is 1.61 bits per heavy atom. The maximum absolute atomic E-state index is 12.1. The second-order valence-corrected chi connectivity index (χ2v) is 6.29. The van der Waals surface area contributed by atoms with E-state index in [1.54, 1.807) is 12.3 Å². The van der Waals surface area contributed by atoms with Gasteiger partial charge in [0.1, 0.15) is 5.82 Å². The first-order chi connectivity index (χ1) is 15.0. The van der Waals surface area contributed by atoms with Gasteiger partial charge in [-0.25, -0.2) is 9.78 Å². The molecule has 0 N–H and O–H groups in total. The molecule has 0 atom stereocenters. The van der Waals surface area contributed by atoms with Crippen LogP contribution in [0.1, 0.15) is 83.1 Å². The van der Waals surface area contributed by atoms with Crippen LogP contribution in [-0.4, -0.2) is 27.6 Å². The Morgan fingerprint density at radius 3 is 2.13 bits per heavy atom. The van der Waals surface area contributed by atoms with Gasteiger partial charge in [-0.15, -0.1) is 0 Å². The van der Waals surface area contributed by atoms with Crippen LogP contribution >= 0.6 is 0 Å². The highest BCUT2D eigenvalue weighted by Gasteiger charge is 2.15. The highest BCUT2D eigenvalue weighted by molar-refractivity contribution is 5.91. The lowest BCUT2D eigenvalue weighted by Gasteiger charge is -2.13. The van der Waals surface area contributed by atoms with Gasteiger partial charge < -0.3 is 9.30 Å². The Morgan fingerprint density at radius 1 is 0.968 bits per heavy atom. The number of nitrogens with zero attached hydrogens (tertiary/aromatic N) is 3. The summed E-state index contributed by atoms with van der Waals surface area (Å²) >= 11 is 0. The molecule has 0 saturated heterocycles. The number of imidazole rings is 1. The fourth-order valence-corrected chi connectivity index (χ4v) is 2.73. The third-order valence-electron chi connectivity index (χ3n) is 4.01. The smallest absolute Gasteiger partial charge is 0.337 e. The van der Waals surface area contributed by atoms with Gasteiger partial charge in [-0.1, -0.05) is 61.5 Å². The van der Waals surface area contributed by atoms with Crippen LogP contribution in [0, 0.1) is 6.92 Å². The van der Waals surface area contributed by atoms with Crippen molar-refractivity contribution < 1.29 is 9.53 Å². The standard InChI is InChI=1S/C20H21N3O2.3C2H6/c1-13(2)19-21-7-8-23(19)17-10-15(9-16(11-17)20(24)25-4)18-6-5-14(3)12-22-18;3*1-2/h5-13H,1-4H3;3*1-2H3. The van der Waals surface area contributed by atoms with Gasteiger partial charge in [-0.3, -0.25) is 4.98 Å². The van der Waals surface area contributed by atoms with Crippen LogP contribution in [0.25, 0.3) is 16.9 Å². The summed E-state index contributed by atoms with van der Waals surface area (Å²) < 4.78 is 6.91. The molecule has 5 heteroatoms. The third kappa shape index (κ3) is 7.67. The Balaban J connectivity index is 0.00000138. The fourth-order valence-electron chi connectivity index (χ4n) is 2.73. The average Bonchev–Trinajstić information content (AvgIpc) is 3.33. The van der Waals surface area contributed by atoms with Gasteiger partial charge >= 0.3 is 5.97 Å². The van der Waals surface area contributed by atoms with Crippen molar-refractivity contribution in [1.82, 2.24) is 14.5 Å². The molecule has 2 heterocycles. The Labute approximate surface area is 188 Å². The van der Waals surface area contributed by atoms with E-state index >= 15 is 0 Å². The van der Waals surface area contributed by atoms with Crippen molar-refractivity contribution in [3.8, 4) is 16.9 Å². The van der Waals surface area contributed by atoms with E-state index in [1.165, 1.54) is 7.11 Å². The van der Waals surface area contributed by atoms with Gasteiger partial charge in [0.05, 0.1) is 18.4 Å². The van der Waals surface area contributed by atoms with Crippen molar-refractivity contribution in [2.75, 3.05) is 7.11 Å². The number of aryl methyl sites for hydroxylation is 1. The summed E-state index contributed by atoms with van der Waals surface area (Å²) in [6.45, 7) is 18.2. The van der Waals surface area contributed by atoms with E-state index in [2.05, 4.69) is 23.8 Å². The molecule has 0 spiro atoms. The molecule has 0 bridgehead atoms. The number of benzene rings is 1. The fraction of sp³-hybridized carbons (Fsp3) is 0.423. The minimum absolute atomic E-state index is 0.262. The molecule has 0 saturated carbocycles. The number of rotatable bonds is 4. The van der Waals surface area contributed by atoms with Crippen molar-refractivity contribution >= 4 is 5.97 Å². The summed E-state index contributed by atoms with van der Waals surface area (Å²) in [7, 11) is 1.38. The monoisotopic (exact) mass is 425 g/mol. The van der Waals surface area contributed by atoms with Crippen molar-refractivity contribution in [3.63, 3.8) is 0 Å². The molecule has 0 aliphatic carbocycles. The topological polar surface area (TPSA) is 57.0 Å². The van der Waals surface area contributed by atoms with E-state index in [1.807, 2.05) is 89.7 Å². The number of pyridine rings is 1. The maximum atomic E-state index is 12.1. The zero-order valence-corrected chi connectivity index (χ0v) is 20.9. The summed E-state index contributed by atoms with van der Waals surface area (Å²) in [4.78, 5) is 21.0. The number of hydrogen-bond donors (Lipinski definition) is 0. The number of aromatic nitrogens is 3. The van der Waals surface area contributed by atoms with Crippen LogP contribution in [0.4, 0.5) is 0 Å². The first-order valence-corrected chi connectivity index (χ1v) is 11.2. The summed E-state index contributed by atoms with van der Waals surface area (Å²) in [5, 5.41) is 0. The number of methoxy groups -OCH3 is 1. The molecule has 0 aliphatic heterocycles. The summed E-state index contributed by atoms with van der Waals surface area (Å²) in [5.41, 5.74) is 4.11. The number of hydrogen-bond acceptors (Lipinski definition) is 4. The van der Waals surface area contributed by atoms with E-state index in [0.717, 1.165) is 28.3 Å². The van der Waals surface area contributed by atoms with Crippen LogP contribution in [0.3, 0.4) is 0 Å². The van der Waals surface area contributed by atoms with E-state index < -0.39 is 0 Å². The molecule has 2 aromatic heterocycles. The molecule has 170 valence electrons. The van der Waals surface area contributed by atoms with Crippen molar-refractivity contribution in [3.05, 3.63) is 65.9 Å². The predicted molar refractivity (Wildman–Crippen MR) is 131 cm³/mol. The number of carbonyl (C=O) groups excluding carboxylic acids is 1. The quantitative estimate of drug-likeness (QED) is 0.414. The van der Waals surface area contributed by atoms with Gasteiger partial charge in [-0.05, 0) is 36.8 Å². The van der Waals surface area contributed by atoms with Gasteiger partial charge in [0.2, 0.25) is 0 Å². The molecule has 31 heavy (non-hydrogen) atoms. The average molecular weight is 426 g/mol. The predicted octanol–water partition coefficient (Wildman–Crippen LogP) is 7.23. The van der Waals surface area contributed by atoms with Crippen molar-refractivity contribution in [1.29, 1.82) is 0 Å². The lowest BCUT2D eigenvalue weighted by Crippen LogP contribution is -2.06. The van der Waals surface area contributed by atoms with Gasteiger partial charge in [0.25, 0.3) is 0 Å². The minimum atomic E-state index is -0.374. The number of ether oxygens (including phenoxy) is 1. The second-order valence-electron chi connectivity index (χ2n) is 6.29. The third-order valence-corrected chi connectivity index (χ3v) is 4.01. The normalized spacial score (nSPS) is 9.39. The molecule has 1 aromatic carbocycles. The molecule has 3 rings (SSSR count). The van der Waals surface area contributed by atoms with E-state index in [-0.39, 0.29) is 11.9 Å². The summed E-state index contributed by atoms with van der Waals surface area (Å²) in [6, 6.07) is 9.59. The number of esters is 1. The molecule has 0 unspecified atom stereocenters. The lowest BCUT2D eigenvalue weighted by molar-refractivity contribution is 0.0600. The lowest BCUT2D eigenvalue weighted by atomic mass is 10.0. The maximum Gasteiger partial charge on any atom is 0.337 e. The largest absolute Gasteiger partial charge is 0.465 e. The van der Waals surface area contributed by atoms with Gasteiger partial charge in [0, 0.05) is 35.8 Å². The molecule has 0 radical (unpaired) electrons. The van der Waals surface area contributed by atoms with E-state index in [9.17, 15) is 4.79 Å². The van der Waals surface area contributed by atoms with Gasteiger partial charge in [0.15, 0.2) is 0 Å². The van der Waals surface area contributed by atoms with Crippen molar-refractivity contribution in [2.45, 2.75) is 68.2 Å². The second kappa shape index (κ2) is 14.9. The molecule has 0 amide bonds. The van der Waals surface area contributed by atoms with Crippen LogP contribution in [-0.2, 0) is 4.74 Å². The Bertz CT molecular complexity index is 897. The van der Waals surface area contributed by atoms with E-state index in [0.29, 0.717) is 5.56 Å². The number of carbonyl (C=O) groups is 1. The highest BCUT2D eigenvalue weighted by atomic mass is 16.5. The Hall–Kier alpha value is -2.95. The first-order valence-electron chi connectivity index (χ1n) is 11.2.